The molecule has 2 heteroatoms. The van der Waals surface area contributed by atoms with E-state index < -0.39 is 0 Å². The van der Waals surface area contributed by atoms with Gasteiger partial charge < -0.3 is 5.73 Å². The van der Waals surface area contributed by atoms with Gasteiger partial charge in [-0.2, -0.15) is 0 Å². The lowest BCUT2D eigenvalue weighted by Crippen LogP contribution is -2.29. The Morgan fingerprint density at radius 1 is 1.47 bits per heavy atom. The quantitative estimate of drug-likeness (QED) is 0.752. The second kappa shape index (κ2) is 3.60. The van der Waals surface area contributed by atoms with Gasteiger partial charge in [-0.25, -0.2) is 4.39 Å². The molecule has 0 heterocycles. The van der Waals surface area contributed by atoms with Gasteiger partial charge in [-0.05, 0) is 54.0 Å². The van der Waals surface area contributed by atoms with E-state index in [1.165, 1.54) is 5.56 Å². The van der Waals surface area contributed by atoms with Gasteiger partial charge in [0.15, 0.2) is 0 Å². The van der Waals surface area contributed by atoms with Crippen molar-refractivity contribution in [2.45, 2.75) is 38.0 Å². The van der Waals surface area contributed by atoms with Crippen molar-refractivity contribution in [1.29, 1.82) is 0 Å². The second-order valence-electron chi connectivity index (χ2n) is 5.09. The molecule has 0 aromatic heterocycles. The van der Waals surface area contributed by atoms with Gasteiger partial charge in [-0.15, -0.1) is 0 Å². The number of nitrogens with two attached hydrogens (primary N) is 1. The van der Waals surface area contributed by atoms with Crippen molar-refractivity contribution in [3.05, 3.63) is 35.1 Å². The molecule has 0 radical (unpaired) electrons. The number of benzene rings is 1. The van der Waals surface area contributed by atoms with Crippen LogP contribution in [0.5, 0.6) is 0 Å². The van der Waals surface area contributed by atoms with E-state index in [1.54, 1.807) is 12.1 Å². The average molecular weight is 207 g/mol. The van der Waals surface area contributed by atoms with Gasteiger partial charge in [0.1, 0.15) is 5.82 Å². The van der Waals surface area contributed by atoms with E-state index in [-0.39, 0.29) is 11.2 Å². The number of fused-ring (bicyclic) bond motifs is 1. The molecule has 1 aliphatic carbocycles. The molecule has 1 aliphatic rings. The zero-order valence-corrected chi connectivity index (χ0v) is 9.39. The van der Waals surface area contributed by atoms with Crippen LogP contribution in [0.4, 0.5) is 4.39 Å². The molecule has 1 aromatic rings. The van der Waals surface area contributed by atoms with Gasteiger partial charge in [-0.3, -0.25) is 0 Å². The van der Waals surface area contributed by atoms with Gasteiger partial charge in [0.2, 0.25) is 0 Å². The lowest BCUT2D eigenvalue weighted by Gasteiger charge is -2.36. The molecule has 2 N–H and O–H groups in total. The van der Waals surface area contributed by atoms with Crippen molar-refractivity contribution < 1.29 is 4.39 Å². The van der Waals surface area contributed by atoms with Crippen LogP contribution in [0.3, 0.4) is 0 Å². The fourth-order valence-corrected chi connectivity index (χ4v) is 2.56. The van der Waals surface area contributed by atoms with Crippen molar-refractivity contribution in [1.82, 2.24) is 0 Å². The molecule has 0 saturated carbocycles. The summed E-state index contributed by atoms with van der Waals surface area (Å²) >= 11 is 0. The van der Waals surface area contributed by atoms with Gasteiger partial charge in [0.05, 0.1) is 0 Å². The fraction of sp³-hybridized carbons (Fsp3) is 0.538. The minimum atomic E-state index is -0.148. The van der Waals surface area contributed by atoms with E-state index in [4.69, 9.17) is 5.73 Å². The standard InChI is InChI=1S/C13H18FN/c1-13(2)6-5-9(8-15)11-7-10(14)3-4-12(11)13/h3-4,7,9H,5-6,8,15H2,1-2H3. The SMILES string of the molecule is CC1(C)CCC(CN)c2cc(F)ccc21. The van der Waals surface area contributed by atoms with Crippen LogP contribution in [0, 0.1) is 5.82 Å². The summed E-state index contributed by atoms with van der Waals surface area (Å²) in [6, 6.07) is 5.14. The number of hydrogen-bond donors (Lipinski definition) is 1. The zero-order chi connectivity index (χ0) is 11.1. The Balaban J connectivity index is 2.53. The zero-order valence-electron chi connectivity index (χ0n) is 9.39. The Morgan fingerprint density at radius 2 is 2.20 bits per heavy atom. The lowest BCUT2D eigenvalue weighted by atomic mass is 9.69. The van der Waals surface area contributed by atoms with Crippen LogP contribution >= 0.6 is 0 Å². The highest BCUT2D eigenvalue weighted by molar-refractivity contribution is 5.39. The van der Waals surface area contributed by atoms with Crippen molar-refractivity contribution in [3.8, 4) is 0 Å². The molecule has 1 atom stereocenters. The lowest BCUT2D eigenvalue weighted by molar-refractivity contribution is 0.392. The van der Waals surface area contributed by atoms with E-state index in [1.807, 2.05) is 6.07 Å². The van der Waals surface area contributed by atoms with E-state index in [0.29, 0.717) is 12.5 Å². The molecule has 0 bridgehead atoms. The topological polar surface area (TPSA) is 26.0 Å². The Kier molecular flexibility index (Phi) is 2.55. The highest BCUT2D eigenvalue weighted by Gasteiger charge is 2.31. The van der Waals surface area contributed by atoms with Gasteiger partial charge in [0.25, 0.3) is 0 Å². The Hall–Kier alpha value is -0.890. The molecule has 1 unspecified atom stereocenters. The number of rotatable bonds is 1. The van der Waals surface area contributed by atoms with Crippen molar-refractivity contribution in [3.63, 3.8) is 0 Å². The number of halogens is 1. The van der Waals surface area contributed by atoms with Crippen molar-refractivity contribution in [2.75, 3.05) is 6.54 Å². The summed E-state index contributed by atoms with van der Waals surface area (Å²) < 4.78 is 13.2. The summed E-state index contributed by atoms with van der Waals surface area (Å²) in [5.74, 6) is 0.189. The summed E-state index contributed by atoms with van der Waals surface area (Å²) in [6.45, 7) is 5.06. The molecule has 0 saturated heterocycles. The Labute approximate surface area is 90.5 Å². The molecule has 82 valence electrons. The van der Waals surface area contributed by atoms with E-state index in [0.717, 1.165) is 18.4 Å². The first kappa shape index (κ1) is 10.6. The maximum Gasteiger partial charge on any atom is 0.123 e. The van der Waals surface area contributed by atoms with Crippen LogP contribution in [0.1, 0.15) is 43.7 Å². The molecule has 0 spiro atoms. The predicted octanol–water partition coefficient (Wildman–Crippen LogP) is 2.94. The third-order valence-electron chi connectivity index (χ3n) is 3.58. The van der Waals surface area contributed by atoms with Crippen LogP contribution < -0.4 is 5.73 Å². The van der Waals surface area contributed by atoms with E-state index >= 15 is 0 Å². The summed E-state index contributed by atoms with van der Waals surface area (Å²) in [5.41, 5.74) is 8.28. The van der Waals surface area contributed by atoms with E-state index in [2.05, 4.69) is 13.8 Å². The summed E-state index contributed by atoms with van der Waals surface area (Å²) in [4.78, 5) is 0. The number of hydrogen-bond acceptors (Lipinski definition) is 1. The molecular formula is C13H18FN. The highest BCUT2D eigenvalue weighted by atomic mass is 19.1. The van der Waals surface area contributed by atoms with Crippen LogP contribution in [0.25, 0.3) is 0 Å². The minimum Gasteiger partial charge on any atom is -0.330 e. The highest BCUT2D eigenvalue weighted by Crippen LogP contribution is 2.42. The second-order valence-corrected chi connectivity index (χ2v) is 5.09. The van der Waals surface area contributed by atoms with Crippen LogP contribution in [-0.4, -0.2) is 6.54 Å². The normalized spacial score (nSPS) is 23.6. The molecule has 0 aliphatic heterocycles. The van der Waals surface area contributed by atoms with Crippen LogP contribution in [0.15, 0.2) is 18.2 Å². The third kappa shape index (κ3) is 1.78. The molecule has 0 amide bonds. The summed E-state index contributed by atoms with van der Waals surface area (Å²) in [7, 11) is 0. The minimum absolute atomic E-state index is 0.148. The smallest absolute Gasteiger partial charge is 0.123 e. The van der Waals surface area contributed by atoms with E-state index in [9.17, 15) is 4.39 Å². The third-order valence-corrected chi connectivity index (χ3v) is 3.58. The first-order chi connectivity index (χ1) is 7.04. The molecule has 15 heavy (non-hydrogen) atoms. The maximum absolute atomic E-state index is 13.2. The van der Waals surface area contributed by atoms with Crippen molar-refractivity contribution >= 4 is 0 Å². The fourth-order valence-electron chi connectivity index (χ4n) is 2.56. The van der Waals surface area contributed by atoms with Crippen LogP contribution in [-0.2, 0) is 5.41 Å². The Morgan fingerprint density at radius 3 is 2.87 bits per heavy atom. The maximum atomic E-state index is 13.2. The van der Waals surface area contributed by atoms with Gasteiger partial charge >= 0.3 is 0 Å². The first-order valence-corrected chi connectivity index (χ1v) is 5.54. The predicted molar refractivity (Wildman–Crippen MR) is 60.5 cm³/mol. The summed E-state index contributed by atoms with van der Waals surface area (Å²) in [5, 5.41) is 0. The van der Waals surface area contributed by atoms with Crippen molar-refractivity contribution in [2.24, 2.45) is 5.73 Å². The average Bonchev–Trinajstić information content (AvgIpc) is 2.17. The largest absolute Gasteiger partial charge is 0.330 e. The first-order valence-electron chi connectivity index (χ1n) is 5.54. The van der Waals surface area contributed by atoms with Gasteiger partial charge in [-0.1, -0.05) is 19.9 Å². The monoisotopic (exact) mass is 207 g/mol. The molecule has 1 nitrogen and oxygen atoms in total. The molecule has 1 aromatic carbocycles. The van der Waals surface area contributed by atoms with Crippen LogP contribution in [0.2, 0.25) is 0 Å². The molecule has 2 rings (SSSR count). The molecular weight excluding hydrogens is 189 g/mol. The molecule has 0 fully saturated rings. The Bertz CT molecular complexity index is 371. The van der Waals surface area contributed by atoms with Gasteiger partial charge in [0, 0.05) is 0 Å². The summed E-state index contributed by atoms with van der Waals surface area (Å²) in [6.07, 6.45) is 2.20.